The van der Waals surface area contributed by atoms with Gasteiger partial charge < -0.3 is 19.4 Å². The predicted octanol–water partition coefficient (Wildman–Crippen LogP) is 5.46. The summed E-state index contributed by atoms with van der Waals surface area (Å²) >= 11 is 0. The molecule has 15 nitrogen and oxygen atoms in total. The number of nitrogens with zero attached hydrogens (tertiary/aromatic N) is 5. The minimum absolute atomic E-state index is 0.0736. The average molecular weight is 699 g/mol. The second-order valence-electron chi connectivity index (χ2n) is 11.6. The highest BCUT2D eigenvalue weighted by molar-refractivity contribution is 7.90. The molecule has 1 saturated heterocycles. The Kier molecular flexibility index (Phi) is 10.4. The van der Waals surface area contributed by atoms with Crippen LogP contribution in [-0.4, -0.2) is 71.5 Å². The number of hydrazine groups is 1. The van der Waals surface area contributed by atoms with Gasteiger partial charge in [0.15, 0.2) is 5.69 Å². The maximum Gasteiger partial charge on any atom is 0.511 e. The first-order chi connectivity index (χ1) is 22.3. The van der Waals surface area contributed by atoms with Gasteiger partial charge in [0.2, 0.25) is 5.28 Å². The van der Waals surface area contributed by atoms with Gasteiger partial charge in [0.1, 0.15) is 18.2 Å². The molecule has 1 aromatic heterocycles. The Morgan fingerprint density at radius 1 is 1.12 bits per heavy atom. The number of ether oxygens (including phenoxy) is 3. The molecule has 0 saturated carbocycles. The Morgan fingerprint density at radius 3 is 2.33 bits per heavy atom. The van der Waals surface area contributed by atoms with Gasteiger partial charge in [-0.1, -0.05) is 29.8 Å². The van der Waals surface area contributed by atoms with E-state index in [0.717, 1.165) is 33.5 Å². The van der Waals surface area contributed by atoms with Crippen molar-refractivity contribution < 1.29 is 55.2 Å². The van der Waals surface area contributed by atoms with Gasteiger partial charge in [0.25, 0.3) is 16.3 Å². The molecule has 0 spiro atoms. The molecule has 4 rings (SSSR count). The van der Waals surface area contributed by atoms with Crippen LogP contribution < -0.4 is 4.72 Å². The number of alkyl halides is 3. The number of sulfonamides is 1. The fraction of sp³-hybridized carbons (Fsp3) is 0.414. The zero-order valence-electron chi connectivity index (χ0n) is 26.4. The van der Waals surface area contributed by atoms with E-state index in [2.05, 4.69) is 10.4 Å². The molecule has 0 aliphatic carbocycles. The third kappa shape index (κ3) is 9.26. The quantitative estimate of drug-likeness (QED) is 0.0935. The third-order valence-corrected chi connectivity index (χ3v) is 7.94. The second-order valence-corrected chi connectivity index (χ2v) is 13.3. The summed E-state index contributed by atoms with van der Waals surface area (Å²) in [6, 6.07) is 11.6. The fourth-order valence-corrected chi connectivity index (χ4v) is 5.08. The summed E-state index contributed by atoms with van der Waals surface area (Å²) in [5.74, 6) is 0. The Hall–Kier alpha value is -5.07. The van der Waals surface area contributed by atoms with Gasteiger partial charge in [-0.05, 0) is 64.4 Å². The van der Waals surface area contributed by atoms with Gasteiger partial charge >= 0.3 is 18.4 Å². The maximum absolute atomic E-state index is 13.5. The number of benzene rings is 2. The van der Waals surface area contributed by atoms with Crippen molar-refractivity contribution in [1.82, 2.24) is 19.5 Å². The normalized spacial score (nSPS) is 16.0. The van der Waals surface area contributed by atoms with E-state index >= 15 is 0 Å². The number of halogens is 3. The van der Waals surface area contributed by atoms with E-state index < -0.39 is 52.1 Å². The van der Waals surface area contributed by atoms with E-state index in [-0.39, 0.29) is 34.4 Å². The van der Waals surface area contributed by atoms with Gasteiger partial charge in [-0.2, -0.15) is 18.3 Å². The smallest absolute Gasteiger partial charge is 0.511 e. The minimum atomic E-state index is -4.72. The number of aryl methyl sites for hydroxylation is 1. The molecule has 3 aromatic rings. The van der Waals surface area contributed by atoms with Crippen molar-refractivity contribution in [3.05, 3.63) is 71.1 Å². The summed E-state index contributed by atoms with van der Waals surface area (Å²) in [5.41, 5.74) is -0.317. The number of carbonyl (C=O) groups excluding carboxylic acids is 2. The Morgan fingerprint density at radius 2 is 1.77 bits per heavy atom. The molecule has 0 radical (unpaired) electrons. The molecule has 1 aliphatic rings. The van der Waals surface area contributed by atoms with Crippen molar-refractivity contribution in [3.8, 4) is 16.9 Å². The topological polar surface area (TPSA) is 177 Å². The van der Waals surface area contributed by atoms with E-state index in [1.807, 2.05) is 6.92 Å². The molecule has 1 unspecified atom stereocenters. The fourth-order valence-electron chi connectivity index (χ4n) is 4.19. The molecule has 1 fully saturated rings. The van der Waals surface area contributed by atoms with Gasteiger partial charge in [0.05, 0.1) is 27.8 Å². The summed E-state index contributed by atoms with van der Waals surface area (Å²) in [7, 11) is -4.46. The van der Waals surface area contributed by atoms with Crippen molar-refractivity contribution in [2.45, 2.75) is 70.0 Å². The summed E-state index contributed by atoms with van der Waals surface area (Å²) in [6.07, 6.45) is -7.95. The molecule has 48 heavy (non-hydrogen) atoms. The number of rotatable bonds is 10. The van der Waals surface area contributed by atoms with Crippen LogP contribution in [0.15, 0.2) is 64.8 Å². The second kappa shape index (κ2) is 14.0. The first-order valence-corrected chi connectivity index (χ1v) is 15.9. The summed E-state index contributed by atoms with van der Waals surface area (Å²) < 4.78 is 83.7. The SMILES string of the molecule is Cc1ccc(-c2cc(C(F)(F)F)nn2-c2ccc(S(=O)(=O)NC(=O)OC[C@@H]3CCN3/[N+]([O-])=N\OC(C)OC(=O)OC(C)(C)C)cc2)cc1. The van der Waals surface area contributed by atoms with E-state index in [4.69, 9.17) is 19.0 Å². The van der Waals surface area contributed by atoms with E-state index in [0.29, 0.717) is 12.0 Å². The van der Waals surface area contributed by atoms with Crippen molar-refractivity contribution in [2.75, 3.05) is 13.2 Å². The highest BCUT2D eigenvalue weighted by Gasteiger charge is 2.37. The van der Waals surface area contributed by atoms with Crippen LogP contribution in [0.3, 0.4) is 0 Å². The number of hydrogen-bond donors (Lipinski definition) is 1. The standard InChI is InChI=1S/C29H33F3N6O9S/c1-18-6-8-20(9-7-18)24-16-25(29(30,31)32)33-37(24)21-10-12-23(13-11-21)48(42,43)34-26(39)44-17-22-14-15-36(22)38(41)35-47-19(2)45-27(40)46-28(3,4)5/h6-13,16,19,22H,14-15,17H2,1-5H3,(H,34,39)/b38-35+/t19?,22-/m0/s1. The van der Waals surface area contributed by atoms with Crippen LogP contribution in [0.4, 0.5) is 22.8 Å². The van der Waals surface area contributed by atoms with Crippen LogP contribution in [0.5, 0.6) is 0 Å². The number of nitrogens with one attached hydrogen (secondary N) is 1. The monoisotopic (exact) mass is 698 g/mol. The lowest BCUT2D eigenvalue weighted by Gasteiger charge is -2.34. The largest absolute Gasteiger partial charge is 0.569 e. The van der Waals surface area contributed by atoms with Crippen LogP contribution in [0.2, 0.25) is 0 Å². The van der Waals surface area contributed by atoms with Crippen molar-refractivity contribution in [1.29, 1.82) is 0 Å². The Balaban J connectivity index is 1.34. The minimum Gasteiger partial charge on any atom is -0.569 e. The van der Waals surface area contributed by atoms with Crippen LogP contribution in [0.25, 0.3) is 16.9 Å². The molecule has 1 amide bonds. The number of carbonyl (C=O) groups is 2. The molecular formula is C29H33F3N6O9S. The molecule has 19 heteroatoms. The molecule has 2 heterocycles. The number of amides is 1. The van der Waals surface area contributed by atoms with Crippen molar-refractivity contribution in [3.63, 3.8) is 0 Å². The lowest BCUT2D eigenvalue weighted by molar-refractivity contribution is -0.734. The van der Waals surface area contributed by atoms with Crippen molar-refractivity contribution in [2.24, 2.45) is 5.28 Å². The summed E-state index contributed by atoms with van der Waals surface area (Å²) in [5, 5.41) is 20.4. The first-order valence-electron chi connectivity index (χ1n) is 14.4. The Labute approximate surface area is 273 Å². The highest BCUT2D eigenvalue weighted by Crippen LogP contribution is 2.33. The molecule has 1 N–H and O–H groups in total. The average Bonchev–Trinajstić information content (AvgIpc) is 3.41. The number of aromatic nitrogens is 2. The van der Waals surface area contributed by atoms with E-state index in [1.54, 1.807) is 49.8 Å². The zero-order chi connectivity index (χ0) is 35.4. The van der Waals surface area contributed by atoms with Gasteiger partial charge in [0, 0.05) is 12.5 Å². The summed E-state index contributed by atoms with van der Waals surface area (Å²) in [4.78, 5) is 28.5. The molecule has 1 aliphatic heterocycles. The molecule has 260 valence electrons. The summed E-state index contributed by atoms with van der Waals surface area (Å²) in [6.45, 7) is 7.86. The lowest BCUT2D eigenvalue weighted by atomic mass is 10.1. The van der Waals surface area contributed by atoms with Crippen LogP contribution in [-0.2, 0) is 35.2 Å². The number of hydrogen-bond acceptors (Lipinski definition) is 11. The molecule has 2 atom stereocenters. The Bertz CT molecular complexity index is 1760. The third-order valence-electron chi connectivity index (χ3n) is 6.61. The zero-order valence-corrected chi connectivity index (χ0v) is 27.2. The van der Waals surface area contributed by atoms with Gasteiger partial charge in [-0.3, -0.25) is 4.84 Å². The van der Waals surface area contributed by atoms with E-state index in [1.165, 1.54) is 19.1 Å². The predicted molar refractivity (Wildman–Crippen MR) is 159 cm³/mol. The van der Waals surface area contributed by atoms with E-state index in [9.17, 15) is 36.4 Å². The van der Waals surface area contributed by atoms with Crippen LogP contribution >= 0.6 is 0 Å². The first kappa shape index (κ1) is 35.8. The lowest BCUT2D eigenvalue weighted by Crippen LogP contribution is -2.54. The van der Waals surface area contributed by atoms with Crippen LogP contribution in [0.1, 0.15) is 45.4 Å². The highest BCUT2D eigenvalue weighted by atomic mass is 32.2. The van der Waals surface area contributed by atoms with Gasteiger partial charge in [-0.25, -0.2) is 27.4 Å². The van der Waals surface area contributed by atoms with Crippen molar-refractivity contribution >= 4 is 22.3 Å². The molecule has 2 aromatic carbocycles. The van der Waals surface area contributed by atoms with Gasteiger partial charge in [-0.15, -0.1) is 5.01 Å². The maximum atomic E-state index is 13.5. The van der Waals surface area contributed by atoms with Crippen LogP contribution in [0, 0.1) is 12.1 Å². The molecule has 0 bridgehead atoms. The molecular weight excluding hydrogens is 665 g/mol.